The third-order valence-electron chi connectivity index (χ3n) is 6.40. The number of nitrogens with one attached hydrogen (secondary N) is 1. The Hall–Kier alpha value is -1.98. The van der Waals surface area contributed by atoms with Gasteiger partial charge in [-0.3, -0.25) is 9.80 Å². The third-order valence-corrected chi connectivity index (χ3v) is 6.40. The van der Waals surface area contributed by atoms with Crippen LogP contribution in [-0.4, -0.2) is 52.5 Å². The number of rotatable bonds is 6. The zero-order valence-electron chi connectivity index (χ0n) is 16.8. The molecule has 1 aromatic heterocycles. The predicted molar refractivity (Wildman–Crippen MR) is 112 cm³/mol. The van der Waals surface area contributed by atoms with Crippen LogP contribution in [0, 0.1) is 5.82 Å². The second-order valence-electron chi connectivity index (χ2n) is 8.11. The Labute approximate surface area is 167 Å². The molecule has 4 rings (SSSR count). The summed E-state index contributed by atoms with van der Waals surface area (Å²) in [5, 5.41) is 0. The molecule has 2 aliphatic heterocycles. The minimum absolute atomic E-state index is 0.111. The number of H-pyrrole nitrogens is 1. The highest BCUT2D eigenvalue weighted by atomic mass is 19.1. The van der Waals surface area contributed by atoms with Gasteiger partial charge < -0.3 is 4.98 Å². The van der Waals surface area contributed by atoms with Crippen molar-refractivity contribution in [3.05, 3.63) is 59.4 Å². The minimum Gasteiger partial charge on any atom is -0.348 e. The van der Waals surface area contributed by atoms with E-state index < -0.39 is 0 Å². The maximum atomic E-state index is 13.0. The third kappa shape index (κ3) is 3.91. The van der Waals surface area contributed by atoms with Crippen LogP contribution in [0.2, 0.25) is 0 Å². The van der Waals surface area contributed by atoms with E-state index in [-0.39, 0.29) is 11.4 Å². The number of unbranched alkanes of at least 4 members (excludes halogenated alkanes) is 1. The summed E-state index contributed by atoms with van der Waals surface area (Å²) < 4.78 is 13.0. The zero-order valence-corrected chi connectivity index (χ0v) is 16.8. The number of hydrogen-bond donors (Lipinski definition) is 1. The molecule has 28 heavy (non-hydrogen) atoms. The molecule has 3 heterocycles. The average Bonchev–Trinajstić information content (AvgIpc) is 3.21. The summed E-state index contributed by atoms with van der Waals surface area (Å²) in [6.07, 6.45) is 12.0. The van der Waals surface area contributed by atoms with E-state index in [0.717, 1.165) is 51.0 Å². The molecule has 0 amide bonds. The van der Waals surface area contributed by atoms with Gasteiger partial charge in [-0.1, -0.05) is 37.6 Å². The number of halogens is 1. The van der Waals surface area contributed by atoms with Gasteiger partial charge in [0.05, 0.1) is 17.6 Å². The number of imidazole rings is 1. The number of nitrogens with zero attached hydrogens (tertiary/aromatic N) is 3. The Balaban J connectivity index is 1.40. The zero-order chi connectivity index (χ0) is 19.4. The van der Waals surface area contributed by atoms with Crippen molar-refractivity contribution in [1.29, 1.82) is 0 Å². The Kier molecular flexibility index (Phi) is 5.93. The van der Waals surface area contributed by atoms with Crippen molar-refractivity contribution in [2.75, 3.05) is 32.7 Å². The second kappa shape index (κ2) is 8.58. The lowest BCUT2D eigenvalue weighted by Crippen LogP contribution is -2.56. The monoisotopic (exact) mass is 382 g/mol. The highest BCUT2D eigenvalue weighted by molar-refractivity contribution is 5.49. The molecule has 1 N–H and O–H groups in total. The lowest BCUT2D eigenvalue weighted by molar-refractivity contribution is 0.00751. The summed E-state index contributed by atoms with van der Waals surface area (Å²) in [5.41, 5.74) is 3.81. The lowest BCUT2D eigenvalue weighted by atomic mass is 9.78. The van der Waals surface area contributed by atoms with E-state index in [4.69, 9.17) is 4.98 Å². The fourth-order valence-electron chi connectivity index (χ4n) is 4.77. The number of likely N-dealkylation sites (tertiary alicyclic amines) is 1. The van der Waals surface area contributed by atoms with Crippen molar-refractivity contribution in [3.8, 4) is 0 Å². The van der Waals surface area contributed by atoms with Crippen LogP contribution in [0.1, 0.15) is 49.6 Å². The molecule has 1 fully saturated rings. The molecule has 1 spiro atoms. The van der Waals surface area contributed by atoms with Gasteiger partial charge in [-0.25, -0.2) is 9.37 Å². The van der Waals surface area contributed by atoms with E-state index in [1.165, 1.54) is 42.9 Å². The normalized spacial score (nSPS) is 20.1. The van der Waals surface area contributed by atoms with Crippen molar-refractivity contribution in [3.63, 3.8) is 0 Å². The first kappa shape index (κ1) is 19.3. The standard InChI is InChI=1S/C23H31FN4/c1-2-3-14-28-15-10-21-22(26-18-25-21)23(28)11-16-27(17-12-23)13-4-5-19-6-8-20(24)9-7-19/h4-9,18H,2-3,10-17H2,1H3,(H,25,26). The van der Waals surface area contributed by atoms with Gasteiger partial charge in [0, 0.05) is 38.3 Å². The molecular weight excluding hydrogens is 351 g/mol. The molecule has 0 atom stereocenters. The molecule has 2 aliphatic rings. The number of aromatic nitrogens is 2. The van der Waals surface area contributed by atoms with Crippen molar-refractivity contribution in [2.45, 2.75) is 44.6 Å². The molecule has 1 saturated heterocycles. The van der Waals surface area contributed by atoms with Gasteiger partial charge in [0.2, 0.25) is 0 Å². The second-order valence-corrected chi connectivity index (χ2v) is 8.11. The summed E-state index contributed by atoms with van der Waals surface area (Å²) >= 11 is 0. The molecule has 5 heteroatoms. The quantitative estimate of drug-likeness (QED) is 0.813. The fraction of sp³-hybridized carbons (Fsp3) is 0.522. The first-order valence-electron chi connectivity index (χ1n) is 10.6. The van der Waals surface area contributed by atoms with E-state index in [1.54, 1.807) is 0 Å². The van der Waals surface area contributed by atoms with E-state index in [9.17, 15) is 4.39 Å². The Bertz CT molecular complexity index is 787. The SMILES string of the molecule is CCCCN1CCc2[nH]cnc2C12CCN(CC=Cc1ccc(F)cc1)CC2. The van der Waals surface area contributed by atoms with Crippen LogP contribution in [0.15, 0.2) is 36.7 Å². The summed E-state index contributed by atoms with van der Waals surface area (Å²) in [6.45, 7) is 7.70. The lowest BCUT2D eigenvalue weighted by Gasteiger charge is -2.50. The molecule has 0 unspecified atom stereocenters. The van der Waals surface area contributed by atoms with Gasteiger partial charge >= 0.3 is 0 Å². The van der Waals surface area contributed by atoms with Crippen LogP contribution < -0.4 is 0 Å². The van der Waals surface area contributed by atoms with Crippen molar-refractivity contribution < 1.29 is 4.39 Å². The van der Waals surface area contributed by atoms with Crippen LogP contribution in [0.3, 0.4) is 0 Å². The number of benzene rings is 1. The molecule has 150 valence electrons. The van der Waals surface area contributed by atoms with Gasteiger partial charge in [0.25, 0.3) is 0 Å². The molecule has 4 nitrogen and oxygen atoms in total. The van der Waals surface area contributed by atoms with Gasteiger partial charge in [0.1, 0.15) is 5.82 Å². The van der Waals surface area contributed by atoms with Crippen molar-refractivity contribution >= 4 is 6.08 Å². The van der Waals surface area contributed by atoms with E-state index in [2.05, 4.69) is 33.9 Å². The highest BCUT2D eigenvalue weighted by Gasteiger charge is 2.45. The molecular formula is C23H31FN4. The molecule has 2 aromatic rings. The number of aromatic amines is 1. The van der Waals surface area contributed by atoms with Crippen LogP contribution in [0.25, 0.3) is 6.08 Å². The fourth-order valence-corrected chi connectivity index (χ4v) is 4.77. The van der Waals surface area contributed by atoms with E-state index in [0.29, 0.717) is 0 Å². The maximum absolute atomic E-state index is 13.0. The summed E-state index contributed by atoms with van der Waals surface area (Å²) in [4.78, 5) is 13.4. The average molecular weight is 383 g/mol. The molecule has 0 aliphatic carbocycles. The molecule has 0 bridgehead atoms. The number of fused-ring (bicyclic) bond motifs is 2. The highest BCUT2D eigenvalue weighted by Crippen LogP contribution is 2.42. The largest absolute Gasteiger partial charge is 0.348 e. The minimum atomic E-state index is -0.184. The molecule has 1 aromatic carbocycles. The Morgan fingerprint density at radius 3 is 2.71 bits per heavy atom. The topological polar surface area (TPSA) is 35.2 Å². The Morgan fingerprint density at radius 1 is 1.18 bits per heavy atom. The molecule has 0 radical (unpaired) electrons. The van der Waals surface area contributed by atoms with Crippen molar-refractivity contribution in [2.24, 2.45) is 0 Å². The number of piperidine rings is 1. The molecule has 0 saturated carbocycles. The first-order valence-corrected chi connectivity index (χ1v) is 10.6. The van der Waals surface area contributed by atoms with Gasteiger partial charge in [-0.15, -0.1) is 0 Å². The van der Waals surface area contributed by atoms with Gasteiger partial charge in [-0.05, 0) is 43.5 Å². The van der Waals surface area contributed by atoms with Gasteiger partial charge in [-0.2, -0.15) is 0 Å². The smallest absolute Gasteiger partial charge is 0.123 e. The van der Waals surface area contributed by atoms with Crippen LogP contribution in [0.4, 0.5) is 4.39 Å². The first-order chi connectivity index (χ1) is 13.7. The number of hydrogen-bond acceptors (Lipinski definition) is 3. The van der Waals surface area contributed by atoms with E-state index >= 15 is 0 Å². The maximum Gasteiger partial charge on any atom is 0.123 e. The van der Waals surface area contributed by atoms with Crippen LogP contribution >= 0.6 is 0 Å². The van der Waals surface area contributed by atoms with Crippen LogP contribution in [-0.2, 0) is 12.0 Å². The van der Waals surface area contributed by atoms with Gasteiger partial charge in [0.15, 0.2) is 0 Å². The Morgan fingerprint density at radius 2 is 1.96 bits per heavy atom. The van der Waals surface area contributed by atoms with Crippen molar-refractivity contribution in [1.82, 2.24) is 19.8 Å². The summed E-state index contributed by atoms with van der Waals surface area (Å²) in [5.74, 6) is -0.184. The predicted octanol–water partition coefficient (Wildman–Crippen LogP) is 4.21. The summed E-state index contributed by atoms with van der Waals surface area (Å²) in [7, 11) is 0. The van der Waals surface area contributed by atoms with Crippen LogP contribution in [0.5, 0.6) is 0 Å². The van der Waals surface area contributed by atoms with E-state index in [1.807, 2.05) is 18.5 Å². The summed E-state index contributed by atoms with van der Waals surface area (Å²) in [6, 6.07) is 6.67.